The summed E-state index contributed by atoms with van der Waals surface area (Å²) < 4.78 is 5.09. The molecule has 0 aromatic heterocycles. The van der Waals surface area contributed by atoms with Crippen molar-refractivity contribution in [1.82, 2.24) is 5.32 Å². The summed E-state index contributed by atoms with van der Waals surface area (Å²) in [7, 11) is 0. The minimum Gasteiger partial charge on any atom is -0.512 e. The highest BCUT2D eigenvalue weighted by Gasteiger charge is 2.17. The first kappa shape index (κ1) is 11.6. The number of hydrogen-bond donors (Lipinski definition) is 2. The minimum absolute atomic E-state index is 0.338. The van der Waals surface area contributed by atoms with Crippen molar-refractivity contribution in [3.8, 4) is 0 Å². The SMILES string of the molecule is CC(C)(C)OC(=O)NC1=CC=C(O)CC1. The number of nitrogens with one attached hydrogen (secondary N) is 1. The molecule has 84 valence electrons. The van der Waals surface area contributed by atoms with E-state index in [4.69, 9.17) is 9.84 Å². The van der Waals surface area contributed by atoms with Gasteiger partial charge in [0.15, 0.2) is 0 Å². The molecular formula is C11H17NO3. The number of allylic oxidation sites excluding steroid dienone is 4. The maximum Gasteiger partial charge on any atom is 0.411 e. The van der Waals surface area contributed by atoms with Gasteiger partial charge in [0, 0.05) is 12.1 Å². The molecule has 1 aliphatic carbocycles. The predicted octanol–water partition coefficient (Wildman–Crippen LogP) is 2.63. The summed E-state index contributed by atoms with van der Waals surface area (Å²) in [5.41, 5.74) is 0.277. The summed E-state index contributed by atoms with van der Waals surface area (Å²) in [6, 6.07) is 0. The maximum absolute atomic E-state index is 11.4. The van der Waals surface area contributed by atoms with Crippen LogP contribution in [0.15, 0.2) is 23.6 Å². The predicted molar refractivity (Wildman–Crippen MR) is 57.4 cm³/mol. The normalized spacial score (nSPS) is 16.5. The van der Waals surface area contributed by atoms with Crippen LogP contribution in [0.3, 0.4) is 0 Å². The summed E-state index contributed by atoms with van der Waals surface area (Å²) in [5, 5.41) is 11.8. The van der Waals surface area contributed by atoms with Crippen molar-refractivity contribution in [2.24, 2.45) is 0 Å². The molecule has 4 heteroatoms. The highest BCUT2D eigenvalue weighted by molar-refractivity contribution is 5.70. The van der Waals surface area contributed by atoms with Crippen molar-refractivity contribution in [2.75, 3.05) is 0 Å². The van der Waals surface area contributed by atoms with Gasteiger partial charge in [-0.05, 0) is 39.3 Å². The number of carbonyl (C=O) groups is 1. The Kier molecular flexibility index (Phi) is 3.39. The van der Waals surface area contributed by atoms with E-state index in [1.165, 1.54) is 0 Å². The van der Waals surface area contributed by atoms with Crippen LogP contribution in [-0.4, -0.2) is 16.8 Å². The zero-order valence-electron chi connectivity index (χ0n) is 9.33. The molecule has 0 saturated carbocycles. The van der Waals surface area contributed by atoms with Crippen molar-refractivity contribution < 1.29 is 14.6 Å². The Balaban J connectivity index is 2.46. The topological polar surface area (TPSA) is 58.6 Å². The fourth-order valence-corrected chi connectivity index (χ4v) is 1.17. The lowest BCUT2D eigenvalue weighted by atomic mass is 10.1. The molecule has 1 aliphatic rings. The fourth-order valence-electron chi connectivity index (χ4n) is 1.17. The molecule has 15 heavy (non-hydrogen) atoms. The monoisotopic (exact) mass is 211 g/mol. The number of aliphatic hydroxyl groups excluding tert-OH is 1. The Morgan fingerprint density at radius 1 is 1.40 bits per heavy atom. The zero-order chi connectivity index (χ0) is 11.5. The molecule has 0 spiro atoms. The van der Waals surface area contributed by atoms with E-state index in [9.17, 15) is 4.79 Å². The first-order valence-electron chi connectivity index (χ1n) is 4.95. The summed E-state index contributed by atoms with van der Waals surface area (Å²) in [6.45, 7) is 5.44. The standard InChI is InChI=1S/C11H17NO3/c1-11(2,3)15-10(14)12-8-4-6-9(13)7-5-8/h4,6,13H,5,7H2,1-3H3,(H,12,14). The van der Waals surface area contributed by atoms with Crippen LogP contribution in [0.1, 0.15) is 33.6 Å². The van der Waals surface area contributed by atoms with E-state index in [1.807, 2.05) is 20.8 Å². The fraction of sp³-hybridized carbons (Fsp3) is 0.545. The molecule has 1 rings (SSSR count). The van der Waals surface area contributed by atoms with Gasteiger partial charge in [-0.15, -0.1) is 0 Å². The third-order valence-corrected chi connectivity index (χ3v) is 1.79. The number of ether oxygens (including phenoxy) is 1. The number of alkyl carbamates (subject to hydrolysis) is 1. The van der Waals surface area contributed by atoms with E-state index in [2.05, 4.69) is 5.32 Å². The first-order valence-corrected chi connectivity index (χ1v) is 4.95. The highest BCUT2D eigenvalue weighted by Crippen LogP contribution is 2.15. The van der Waals surface area contributed by atoms with E-state index in [1.54, 1.807) is 12.2 Å². The van der Waals surface area contributed by atoms with Crippen LogP contribution in [0, 0.1) is 0 Å². The largest absolute Gasteiger partial charge is 0.512 e. The van der Waals surface area contributed by atoms with Gasteiger partial charge in [-0.3, -0.25) is 5.32 Å². The molecule has 0 aliphatic heterocycles. The summed E-state index contributed by atoms with van der Waals surface area (Å²) >= 11 is 0. The lowest BCUT2D eigenvalue weighted by Gasteiger charge is -2.21. The number of hydrogen-bond acceptors (Lipinski definition) is 3. The average molecular weight is 211 g/mol. The van der Waals surface area contributed by atoms with Crippen LogP contribution in [0.4, 0.5) is 4.79 Å². The molecule has 0 heterocycles. The van der Waals surface area contributed by atoms with Crippen LogP contribution < -0.4 is 5.32 Å². The zero-order valence-corrected chi connectivity index (χ0v) is 9.33. The highest BCUT2D eigenvalue weighted by atomic mass is 16.6. The van der Waals surface area contributed by atoms with Crippen LogP contribution in [0.2, 0.25) is 0 Å². The molecule has 0 unspecified atom stereocenters. The molecule has 0 fully saturated rings. The van der Waals surface area contributed by atoms with E-state index in [0.29, 0.717) is 18.6 Å². The van der Waals surface area contributed by atoms with E-state index < -0.39 is 11.7 Å². The third-order valence-electron chi connectivity index (χ3n) is 1.79. The second kappa shape index (κ2) is 4.38. The summed E-state index contributed by atoms with van der Waals surface area (Å²) in [4.78, 5) is 11.4. The number of rotatable bonds is 1. The second-order valence-corrected chi connectivity index (χ2v) is 4.48. The summed E-state index contributed by atoms with van der Waals surface area (Å²) in [6.07, 6.45) is 3.99. The van der Waals surface area contributed by atoms with Crippen molar-refractivity contribution in [3.05, 3.63) is 23.6 Å². The second-order valence-electron chi connectivity index (χ2n) is 4.48. The molecule has 0 atom stereocenters. The van der Waals surface area contributed by atoms with Crippen LogP contribution in [0.25, 0.3) is 0 Å². The molecule has 1 amide bonds. The van der Waals surface area contributed by atoms with Gasteiger partial charge in [0.25, 0.3) is 0 Å². The molecular weight excluding hydrogens is 194 g/mol. The van der Waals surface area contributed by atoms with E-state index in [0.717, 1.165) is 5.70 Å². The van der Waals surface area contributed by atoms with Gasteiger partial charge in [-0.1, -0.05) is 0 Å². The molecule has 0 saturated heterocycles. The maximum atomic E-state index is 11.4. The van der Waals surface area contributed by atoms with Crippen molar-refractivity contribution >= 4 is 6.09 Å². The lowest BCUT2D eigenvalue weighted by molar-refractivity contribution is 0.0543. The molecule has 0 bridgehead atoms. The number of aliphatic hydroxyl groups is 1. The summed E-state index contributed by atoms with van der Waals surface area (Å²) in [5.74, 6) is 0.338. The van der Waals surface area contributed by atoms with Gasteiger partial charge in [0.2, 0.25) is 0 Å². The molecule has 0 aromatic carbocycles. The number of amides is 1. The Bertz CT molecular complexity index is 310. The average Bonchev–Trinajstić information content (AvgIpc) is 2.05. The Hall–Kier alpha value is -1.45. The van der Waals surface area contributed by atoms with Crippen molar-refractivity contribution in [2.45, 2.75) is 39.2 Å². The first-order chi connectivity index (χ1) is 6.87. The third kappa shape index (κ3) is 4.54. The molecule has 4 nitrogen and oxygen atoms in total. The van der Waals surface area contributed by atoms with Gasteiger partial charge in [-0.2, -0.15) is 0 Å². The van der Waals surface area contributed by atoms with Crippen molar-refractivity contribution in [3.63, 3.8) is 0 Å². The Labute approximate surface area is 89.6 Å². The van der Waals surface area contributed by atoms with Gasteiger partial charge in [-0.25, -0.2) is 4.79 Å². The molecule has 0 aromatic rings. The van der Waals surface area contributed by atoms with Crippen LogP contribution >= 0.6 is 0 Å². The van der Waals surface area contributed by atoms with E-state index >= 15 is 0 Å². The number of carbonyl (C=O) groups excluding carboxylic acids is 1. The molecule has 0 radical (unpaired) electrons. The van der Waals surface area contributed by atoms with Crippen molar-refractivity contribution in [1.29, 1.82) is 0 Å². The van der Waals surface area contributed by atoms with Crippen LogP contribution in [0.5, 0.6) is 0 Å². The van der Waals surface area contributed by atoms with Gasteiger partial charge >= 0.3 is 6.09 Å². The lowest BCUT2D eigenvalue weighted by Crippen LogP contribution is -2.32. The van der Waals surface area contributed by atoms with Gasteiger partial charge < -0.3 is 9.84 Å². The Morgan fingerprint density at radius 3 is 2.53 bits per heavy atom. The minimum atomic E-state index is -0.489. The smallest absolute Gasteiger partial charge is 0.411 e. The Morgan fingerprint density at radius 2 is 2.07 bits per heavy atom. The van der Waals surface area contributed by atoms with Crippen LogP contribution in [-0.2, 0) is 4.74 Å². The van der Waals surface area contributed by atoms with E-state index in [-0.39, 0.29) is 0 Å². The quantitative estimate of drug-likeness (QED) is 0.701. The van der Waals surface area contributed by atoms with Gasteiger partial charge in [0.05, 0.1) is 5.76 Å². The molecule has 2 N–H and O–H groups in total. The van der Waals surface area contributed by atoms with Gasteiger partial charge in [0.1, 0.15) is 5.60 Å².